The van der Waals surface area contributed by atoms with Gasteiger partial charge < -0.3 is 4.90 Å². The average molecular weight is 351 g/mol. The number of halogens is 2. The van der Waals surface area contributed by atoms with Crippen LogP contribution in [0.1, 0.15) is 11.1 Å². The Balaban J connectivity index is 1.91. The number of nitrogens with zero attached hydrogens (tertiary/aromatic N) is 2. The first-order valence-corrected chi connectivity index (χ1v) is 7.30. The van der Waals surface area contributed by atoms with Gasteiger partial charge >= 0.3 is 0 Å². The highest BCUT2D eigenvalue weighted by atomic mass is 79.9. The molecule has 4 nitrogen and oxygen atoms in total. The molecule has 2 aromatic rings. The van der Waals surface area contributed by atoms with Crippen LogP contribution in [0, 0.1) is 15.9 Å². The van der Waals surface area contributed by atoms with E-state index in [-0.39, 0.29) is 11.5 Å². The zero-order valence-electron chi connectivity index (χ0n) is 11.1. The van der Waals surface area contributed by atoms with Crippen molar-refractivity contribution in [1.82, 2.24) is 0 Å². The Hall–Kier alpha value is -1.95. The summed E-state index contributed by atoms with van der Waals surface area (Å²) < 4.78 is 13.9. The lowest BCUT2D eigenvalue weighted by atomic mass is 10.1. The van der Waals surface area contributed by atoms with Gasteiger partial charge in [0.2, 0.25) is 0 Å². The van der Waals surface area contributed by atoms with E-state index in [0.29, 0.717) is 11.0 Å². The monoisotopic (exact) mass is 350 g/mol. The maximum Gasteiger partial charge on any atom is 0.283 e. The molecule has 0 saturated carbocycles. The van der Waals surface area contributed by atoms with Crippen molar-refractivity contribution in [3.8, 4) is 0 Å². The maximum absolute atomic E-state index is 13.4. The Morgan fingerprint density at radius 3 is 2.90 bits per heavy atom. The van der Waals surface area contributed by atoms with Crippen LogP contribution in [-0.4, -0.2) is 11.5 Å². The molecule has 6 heteroatoms. The molecule has 108 valence electrons. The summed E-state index contributed by atoms with van der Waals surface area (Å²) in [7, 11) is 0. The Kier molecular flexibility index (Phi) is 3.63. The van der Waals surface area contributed by atoms with E-state index < -0.39 is 4.92 Å². The number of hydrogen-bond acceptors (Lipinski definition) is 3. The normalized spacial score (nSPS) is 13.3. The Bertz CT molecular complexity index is 721. The molecule has 21 heavy (non-hydrogen) atoms. The smallest absolute Gasteiger partial charge is 0.283 e. The highest BCUT2D eigenvalue weighted by Gasteiger charge is 2.22. The number of benzene rings is 2. The molecule has 0 bridgehead atoms. The molecule has 0 radical (unpaired) electrons. The molecule has 1 aliphatic rings. The first-order chi connectivity index (χ1) is 10.1. The molecule has 0 N–H and O–H groups in total. The predicted octanol–water partition coefficient (Wildman–Crippen LogP) is 4.06. The second kappa shape index (κ2) is 5.44. The third kappa shape index (κ3) is 2.63. The van der Waals surface area contributed by atoms with Gasteiger partial charge in [-0.1, -0.05) is 18.2 Å². The van der Waals surface area contributed by atoms with Crippen molar-refractivity contribution in [1.29, 1.82) is 0 Å². The van der Waals surface area contributed by atoms with Gasteiger partial charge in [-0.25, -0.2) is 4.39 Å². The average Bonchev–Trinajstić information content (AvgIpc) is 2.83. The molecule has 3 rings (SSSR count). The van der Waals surface area contributed by atoms with Crippen molar-refractivity contribution >= 4 is 27.3 Å². The molecule has 0 spiro atoms. The van der Waals surface area contributed by atoms with Crippen LogP contribution in [0.2, 0.25) is 0 Å². The number of nitro benzene ring substituents is 1. The fraction of sp³-hybridized carbons (Fsp3) is 0.200. The Labute approximate surface area is 129 Å². The van der Waals surface area contributed by atoms with E-state index in [2.05, 4.69) is 15.9 Å². The van der Waals surface area contributed by atoms with Crippen LogP contribution in [-0.2, 0) is 13.0 Å². The van der Waals surface area contributed by atoms with Crippen molar-refractivity contribution in [2.24, 2.45) is 0 Å². The Morgan fingerprint density at radius 2 is 2.14 bits per heavy atom. The SMILES string of the molecule is O=[N+]([O-])c1cccc(CN2CCc3ccc(F)cc32)c1Br. The first kappa shape index (κ1) is 14.0. The van der Waals surface area contributed by atoms with E-state index in [1.54, 1.807) is 12.1 Å². The van der Waals surface area contributed by atoms with Crippen LogP contribution in [0.5, 0.6) is 0 Å². The van der Waals surface area contributed by atoms with Gasteiger partial charge in [-0.15, -0.1) is 0 Å². The highest BCUT2D eigenvalue weighted by Crippen LogP contribution is 2.33. The molecule has 1 heterocycles. The lowest BCUT2D eigenvalue weighted by Crippen LogP contribution is -2.20. The second-order valence-electron chi connectivity index (χ2n) is 4.95. The topological polar surface area (TPSA) is 46.4 Å². The summed E-state index contributed by atoms with van der Waals surface area (Å²) in [6, 6.07) is 9.76. The van der Waals surface area contributed by atoms with Gasteiger partial charge in [-0.05, 0) is 45.6 Å². The number of rotatable bonds is 3. The molecule has 0 saturated heterocycles. The van der Waals surface area contributed by atoms with Gasteiger partial charge in [0.05, 0.1) is 4.92 Å². The van der Waals surface area contributed by atoms with Gasteiger partial charge in [0.25, 0.3) is 5.69 Å². The minimum atomic E-state index is -0.412. The summed E-state index contributed by atoms with van der Waals surface area (Å²) in [5.41, 5.74) is 2.85. The minimum Gasteiger partial charge on any atom is -0.367 e. The van der Waals surface area contributed by atoms with Gasteiger partial charge in [-0.2, -0.15) is 0 Å². The van der Waals surface area contributed by atoms with E-state index in [1.165, 1.54) is 18.2 Å². The molecule has 0 aliphatic carbocycles. The molecular formula is C15H12BrFN2O2. The van der Waals surface area contributed by atoms with Gasteiger partial charge in [0.1, 0.15) is 10.3 Å². The molecule has 2 aromatic carbocycles. The minimum absolute atomic E-state index is 0.0474. The van der Waals surface area contributed by atoms with E-state index >= 15 is 0 Å². The lowest BCUT2D eigenvalue weighted by Gasteiger charge is -2.20. The van der Waals surface area contributed by atoms with E-state index in [1.807, 2.05) is 11.0 Å². The van der Waals surface area contributed by atoms with Crippen molar-refractivity contribution in [3.63, 3.8) is 0 Å². The zero-order valence-corrected chi connectivity index (χ0v) is 12.6. The fourth-order valence-electron chi connectivity index (χ4n) is 2.62. The van der Waals surface area contributed by atoms with Crippen molar-refractivity contribution in [2.45, 2.75) is 13.0 Å². The highest BCUT2D eigenvalue weighted by molar-refractivity contribution is 9.10. The molecule has 1 aliphatic heterocycles. The molecular weight excluding hydrogens is 339 g/mol. The summed E-state index contributed by atoms with van der Waals surface area (Å²) in [4.78, 5) is 12.6. The number of nitro groups is 1. The molecule has 0 atom stereocenters. The third-order valence-electron chi connectivity index (χ3n) is 3.66. The quantitative estimate of drug-likeness (QED) is 0.619. The molecule has 0 unspecified atom stereocenters. The zero-order chi connectivity index (χ0) is 15.0. The summed E-state index contributed by atoms with van der Waals surface area (Å²) in [5, 5.41) is 11.0. The summed E-state index contributed by atoms with van der Waals surface area (Å²) in [6.45, 7) is 1.30. The van der Waals surface area contributed by atoms with E-state index in [9.17, 15) is 14.5 Å². The summed E-state index contributed by atoms with van der Waals surface area (Å²) >= 11 is 3.30. The van der Waals surface area contributed by atoms with Crippen LogP contribution in [0.4, 0.5) is 15.8 Å². The van der Waals surface area contributed by atoms with Crippen molar-refractivity contribution in [3.05, 3.63) is 67.9 Å². The predicted molar refractivity (Wildman–Crippen MR) is 82.0 cm³/mol. The number of fused-ring (bicyclic) bond motifs is 1. The van der Waals surface area contributed by atoms with Gasteiger partial charge in [0, 0.05) is 24.8 Å². The number of anilines is 1. The van der Waals surface area contributed by atoms with Crippen LogP contribution in [0.3, 0.4) is 0 Å². The molecule has 0 amide bonds. The lowest BCUT2D eigenvalue weighted by molar-refractivity contribution is -0.385. The number of hydrogen-bond donors (Lipinski definition) is 0. The molecule has 0 fully saturated rings. The van der Waals surface area contributed by atoms with Gasteiger partial charge in [0.15, 0.2) is 0 Å². The summed E-state index contributed by atoms with van der Waals surface area (Å²) in [6.07, 6.45) is 0.863. The van der Waals surface area contributed by atoms with Crippen molar-refractivity contribution < 1.29 is 9.31 Å². The van der Waals surface area contributed by atoms with Gasteiger partial charge in [-0.3, -0.25) is 10.1 Å². The van der Waals surface area contributed by atoms with Crippen molar-refractivity contribution in [2.75, 3.05) is 11.4 Å². The van der Waals surface area contributed by atoms with Crippen LogP contribution < -0.4 is 4.90 Å². The molecule has 0 aromatic heterocycles. The second-order valence-corrected chi connectivity index (χ2v) is 5.74. The summed E-state index contributed by atoms with van der Waals surface area (Å²) in [5.74, 6) is -0.265. The van der Waals surface area contributed by atoms with Crippen LogP contribution >= 0.6 is 15.9 Å². The van der Waals surface area contributed by atoms with Crippen LogP contribution in [0.25, 0.3) is 0 Å². The maximum atomic E-state index is 13.4. The largest absolute Gasteiger partial charge is 0.367 e. The van der Waals surface area contributed by atoms with Crippen LogP contribution in [0.15, 0.2) is 40.9 Å². The van der Waals surface area contributed by atoms with E-state index in [0.717, 1.165) is 29.8 Å². The first-order valence-electron chi connectivity index (χ1n) is 6.51. The standard InChI is InChI=1S/C15H12BrFN2O2/c16-15-11(2-1-3-13(15)19(20)21)9-18-7-6-10-4-5-12(17)8-14(10)18/h1-5,8H,6-7,9H2. The fourth-order valence-corrected chi connectivity index (χ4v) is 3.15. The third-order valence-corrected chi connectivity index (χ3v) is 4.57. The Morgan fingerprint density at radius 1 is 1.33 bits per heavy atom. The van der Waals surface area contributed by atoms with E-state index in [4.69, 9.17) is 0 Å².